The first kappa shape index (κ1) is 14.7. The van der Waals surface area contributed by atoms with Crippen LogP contribution in [0, 0.1) is 0 Å². The average Bonchev–Trinajstić information content (AvgIpc) is 2.27. The smallest absolute Gasteiger partial charge is 0.240 e. The standard InChI is InChI=1S/C10H20ClNO3/c1-4-9(11)10(13)12(5-7-14-2)6-8-15-3/h9H,4-8H2,1-3H3/t9-/m1/s1. The zero-order valence-electron chi connectivity index (χ0n) is 9.66. The van der Waals surface area contributed by atoms with Crippen molar-refractivity contribution in [1.82, 2.24) is 4.90 Å². The molecule has 0 aromatic heterocycles. The quantitative estimate of drug-likeness (QED) is 0.594. The van der Waals surface area contributed by atoms with E-state index >= 15 is 0 Å². The molecular formula is C10H20ClNO3. The van der Waals surface area contributed by atoms with E-state index in [9.17, 15) is 4.79 Å². The van der Waals surface area contributed by atoms with E-state index in [1.54, 1.807) is 19.1 Å². The molecule has 0 aliphatic heterocycles. The Bertz CT molecular complexity index is 170. The Morgan fingerprint density at radius 2 is 1.73 bits per heavy atom. The van der Waals surface area contributed by atoms with Crippen molar-refractivity contribution in [2.45, 2.75) is 18.7 Å². The van der Waals surface area contributed by atoms with E-state index in [-0.39, 0.29) is 5.91 Å². The van der Waals surface area contributed by atoms with Crippen LogP contribution in [-0.2, 0) is 14.3 Å². The number of carbonyl (C=O) groups is 1. The van der Waals surface area contributed by atoms with Gasteiger partial charge >= 0.3 is 0 Å². The highest BCUT2D eigenvalue weighted by Crippen LogP contribution is 2.06. The van der Waals surface area contributed by atoms with E-state index in [0.29, 0.717) is 32.7 Å². The zero-order valence-corrected chi connectivity index (χ0v) is 10.4. The molecule has 15 heavy (non-hydrogen) atoms. The molecule has 5 heteroatoms. The van der Waals surface area contributed by atoms with Gasteiger partial charge in [-0.2, -0.15) is 0 Å². The fourth-order valence-electron chi connectivity index (χ4n) is 1.11. The number of hydrogen-bond acceptors (Lipinski definition) is 3. The number of methoxy groups -OCH3 is 2. The largest absolute Gasteiger partial charge is 0.383 e. The molecule has 0 N–H and O–H groups in total. The minimum absolute atomic E-state index is 0.0479. The van der Waals surface area contributed by atoms with Gasteiger partial charge in [0, 0.05) is 27.3 Å². The van der Waals surface area contributed by atoms with Crippen molar-refractivity contribution in [2.24, 2.45) is 0 Å². The number of hydrogen-bond donors (Lipinski definition) is 0. The molecule has 0 heterocycles. The number of alkyl halides is 1. The lowest BCUT2D eigenvalue weighted by molar-refractivity contribution is -0.132. The minimum Gasteiger partial charge on any atom is -0.383 e. The Morgan fingerprint density at radius 3 is 2.07 bits per heavy atom. The van der Waals surface area contributed by atoms with Crippen LogP contribution in [0.3, 0.4) is 0 Å². The van der Waals surface area contributed by atoms with Crippen LogP contribution in [0.2, 0.25) is 0 Å². The SMILES string of the molecule is CC[C@@H](Cl)C(=O)N(CCOC)CCOC. The van der Waals surface area contributed by atoms with Gasteiger partial charge in [0.1, 0.15) is 5.38 Å². The normalized spacial score (nSPS) is 12.5. The summed E-state index contributed by atoms with van der Waals surface area (Å²) in [5.41, 5.74) is 0. The van der Waals surface area contributed by atoms with E-state index in [1.807, 2.05) is 6.92 Å². The van der Waals surface area contributed by atoms with Gasteiger partial charge in [-0.1, -0.05) is 6.92 Å². The first-order valence-corrected chi connectivity index (χ1v) is 5.51. The van der Waals surface area contributed by atoms with Crippen molar-refractivity contribution in [3.05, 3.63) is 0 Å². The number of halogens is 1. The van der Waals surface area contributed by atoms with E-state index in [2.05, 4.69) is 0 Å². The van der Waals surface area contributed by atoms with Crippen LogP contribution in [0.5, 0.6) is 0 Å². The van der Waals surface area contributed by atoms with Gasteiger partial charge in [0.2, 0.25) is 5.91 Å². The molecule has 0 fully saturated rings. The highest BCUT2D eigenvalue weighted by molar-refractivity contribution is 6.30. The molecule has 90 valence electrons. The molecule has 0 aromatic rings. The molecule has 0 unspecified atom stereocenters. The number of amides is 1. The Balaban J connectivity index is 4.13. The lowest BCUT2D eigenvalue weighted by Crippen LogP contribution is -2.40. The third-order valence-corrected chi connectivity index (χ3v) is 2.56. The highest BCUT2D eigenvalue weighted by Gasteiger charge is 2.20. The van der Waals surface area contributed by atoms with Crippen molar-refractivity contribution >= 4 is 17.5 Å². The van der Waals surface area contributed by atoms with Crippen molar-refractivity contribution < 1.29 is 14.3 Å². The van der Waals surface area contributed by atoms with Gasteiger partial charge in [-0.15, -0.1) is 11.6 Å². The Kier molecular flexibility index (Phi) is 8.76. The van der Waals surface area contributed by atoms with Crippen LogP contribution in [-0.4, -0.2) is 56.7 Å². The summed E-state index contributed by atoms with van der Waals surface area (Å²) in [5.74, 6) is -0.0479. The molecule has 0 aromatic carbocycles. The third kappa shape index (κ3) is 5.97. The molecule has 0 radical (unpaired) electrons. The zero-order chi connectivity index (χ0) is 11.7. The first-order chi connectivity index (χ1) is 7.17. The monoisotopic (exact) mass is 237 g/mol. The second-order valence-electron chi connectivity index (χ2n) is 3.19. The van der Waals surface area contributed by atoms with Crippen LogP contribution >= 0.6 is 11.6 Å². The second kappa shape index (κ2) is 8.95. The van der Waals surface area contributed by atoms with Crippen molar-refractivity contribution in [3.8, 4) is 0 Å². The van der Waals surface area contributed by atoms with Crippen molar-refractivity contribution in [2.75, 3.05) is 40.5 Å². The Hall–Kier alpha value is -0.320. The van der Waals surface area contributed by atoms with Crippen LogP contribution in [0.25, 0.3) is 0 Å². The van der Waals surface area contributed by atoms with Gasteiger partial charge in [-0.05, 0) is 6.42 Å². The fourth-order valence-corrected chi connectivity index (χ4v) is 1.25. The summed E-state index contributed by atoms with van der Waals surface area (Å²) in [6.07, 6.45) is 0.636. The molecule has 0 aliphatic rings. The van der Waals surface area contributed by atoms with Gasteiger partial charge < -0.3 is 14.4 Å². The van der Waals surface area contributed by atoms with Crippen LogP contribution in [0.15, 0.2) is 0 Å². The molecule has 0 aliphatic carbocycles. The summed E-state index contributed by atoms with van der Waals surface area (Å²) in [7, 11) is 3.22. The summed E-state index contributed by atoms with van der Waals surface area (Å²) in [6.45, 7) is 4.04. The highest BCUT2D eigenvalue weighted by atomic mass is 35.5. The van der Waals surface area contributed by atoms with Crippen LogP contribution in [0.1, 0.15) is 13.3 Å². The topological polar surface area (TPSA) is 38.8 Å². The van der Waals surface area contributed by atoms with E-state index in [0.717, 1.165) is 0 Å². The molecule has 0 spiro atoms. The molecule has 1 amide bonds. The summed E-state index contributed by atoms with van der Waals surface area (Å²) < 4.78 is 9.88. The van der Waals surface area contributed by atoms with Gasteiger partial charge in [-0.25, -0.2) is 0 Å². The number of rotatable bonds is 8. The molecule has 1 atom stereocenters. The van der Waals surface area contributed by atoms with Gasteiger partial charge in [0.15, 0.2) is 0 Å². The van der Waals surface area contributed by atoms with Gasteiger partial charge in [-0.3, -0.25) is 4.79 Å². The molecule has 0 rings (SSSR count). The maximum absolute atomic E-state index is 11.8. The molecule has 0 saturated heterocycles. The molecule has 0 saturated carbocycles. The number of nitrogens with zero attached hydrogens (tertiary/aromatic N) is 1. The first-order valence-electron chi connectivity index (χ1n) is 5.08. The maximum Gasteiger partial charge on any atom is 0.240 e. The van der Waals surface area contributed by atoms with E-state index in [1.165, 1.54) is 0 Å². The van der Waals surface area contributed by atoms with E-state index < -0.39 is 5.38 Å². The minimum atomic E-state index is -0.446. The molecular weight excluding hydrogens is 218 g/mol. The third-order valence-electron chi connectivity index (χ3n) is 2.07. The molecule has 0 bridgehead atoms. The van der Waals surface area contributed by atoms with Crippen molar-refractivity contribution in [3.63, 3.8) is 0 Å². The van der Waals surface area contributed by atoms with Crippen LogP contribution in [0.4, 0.5) is 0 Å². The predicted octanol–water partition coefficient (Wildman–Crippen LogP) is 1.13. The Morgan fingerprint density at radius 1 is 1.27 bits per heavy atom. The lowest BCUT2D eigenvalue weighted by Gasteiger charge is -2.23. The summed E-state index contributed by atoms with van der Waals surface area (Å²) >= 11 is 5.90. The summed E-state index contributed by atoms with van der Waals surface area (Å²) in [5, 5.41) is -0.446. The van der Waals surface area contributed by atoms with E-state index in [4.69, 9.17) is 21.1 Å². The molecule has 4 nitrogen and oxygen atoms in total. The number of ether oxygens (including phenoxy) is 2. The summed E-state index contributed by atoms with van der Waals surface area (Å²) in [4.78, 5) is 13.4. The second-order valence-corrected chi connectivity index (χ2v) is 3.71. The number of carbonyl (C=O) groups excluding carboxylic acids is 1. The lowest BCUT2D eigenvalue weighted by atomic mass is 10.3. The van der Waals surface area contributed by atoms with Gasteiger partial charge in [0.05, 0.1) is 13.2 Å². The van der Waals surface area contributed by atoms with Gasteiger partial charge in [0.25, 0.3) is 0 Å². The maximum atomic E-state index is 11.8. The van der Waals surface area contributed by atoms with Crippen LogP contribution < -0.4 is 0 Å². The predicted molar refractivity (Wildman–Crippen MR) is 60.3 cm³/mol. The fraction of sp³-hybridized carbons (Fsp3) is 0.900. The Labute approximate surface area is 96.5 Å². The summed E-state index contributed by atoms with van der Waals surface area (Å²) in [6, 6.07) is 0. The van der Waals surface area contributed by atoms with Crippen molar-refractivity contribution in [1.29, 1.82) is 0 Å². The average molecular weight is 238 g/mol.